The molecule has 1 aromatic carbocycles. The summed E-state index contributed by atoms with van der Waals surface area (Å²) in [6, 6.07) is 10.1. The van der Waals surface area contributed by atoms with Gasteiger partial charge in [0.2, 0.25) is 5.91 Å². The summed E-state index contributed by atoms with van der Waals surface area (Å²) in [6.45, 7) is 7.50. The Morgan fingerprint density at radius 1 is 1.22 bits per heavy atom. The van der Waals surface area contributed by atoms with Crippen molar-refractivity contribution in [2.24, 2.45) is 4.99 Å². The second-order valence-electron chi connectivity index (χ2n) is 5.31. The lowest BCUT2D eigenvalue weighted by atomic mass is 10.1. The minimum Gasteiger partial charge on any atom is -0.309 e. The van der Waals surface area contributed by atoms with Gasteiger partial charge in [0.15, 0.2) is 0 Å². The summed E-state index contributed by atoms with van der Waals surface area (Å²) >= 11 is 5.88. The fraction of sp³-hybridized carbons (Fsp3) is 0.300. The van der Waals surface area contributed by atoms with Gasteiger partial charge in [-0.1, -0.05) is 43.7 Å². The minimum atomic E-state index is -0.371. The number of benzene rings is 1. The lowest BCUT2D eigenvalue weighted by molar-refractivity contribution is -0.120. The third kappa shape index (κ3) is 6.49. The Kier molecular flexibility index (Phi) is 9.16. The molecule has 0 aliphatic carbocycles. The smallest absolute Gasteiger partial charge is 0.267 e. The van der Waals surface area contributed by atoms with E-state index in [1.54, 1.807) is 37.4 Å². The molecule has 0 radical (unpaired) electrons. The Hall–Kier alpha value is -2.73. The van der Waals surface area contributed by atoms with Crippen LogP contribution >= 0.6 is 11.6 Å². The normalized spacial score (nSPS) is 11.5. The van der Waals surface area contributed by atoms with Crippen molar-refractivity contribution in [1.29, 1.82) is 0 Å². The van der Waals surface area contributed by atoms with E-state index in [2.05, 4.69) is 15.4 Å². The highest BCUT2D eigenvalue weighted by atomic mass is 35.5. The molecule has 0 saturated heterocycles. The summed E-state index contributed by atoms with van der Waals surface area (Å²) in [5.74, 6) is 0.0964. The van der Waals surface area contributed by atoms with Gasteiger partial charge in [-0.05, 0) is 37.6 Å². The number of allylic oxidation sites excluding steroid dienone is 1. The molecular weight excluding hydrogens is 364 g/mol. The van der Waals surface area contributed by atoms with Crippen LogP contribution in [0.25, 0.3) is 11.3 Å². The number of amidine groups is 1. The number of nitrogens with one attached hydrogen (secondary N) is 1. The topological polar surface area (TPSA) is 76.3 Å². The van der Waals surface area contributed by atoms with Gasteiger partial charge < -0.3 is 5.32 Å². The molecule has 0 spiro atoms. The second kappa shape index (κ2) is 11.1. The van der Waals surface area contributed by atoms with Gasteiger partial charge in [0.1, 0.15) is 12.4 Å². The van der Waals surface area contributed by atoms with Crippen molar-refractivity contribution in [2.75, 3.05) is 7.05 Å². The zero-order chi connectivity index (χ0) is 20.4. The summed E-state index contributed by atoms with van der Waals surface area (Å²) in [6.07, 6.45) is 1.84. The first-order valence-electron chi connectivity index (χ1n) is 8.68. The summed E-state index contributed by atoms with van der Waals surface area (Å²) < 4.78 is 1.12. The number of nitrogens with zero attached hydrogens (tertiary/aromatic N) is 3. The molecule has 2 aromatic rings. The first-order chi connectivity index (χ1) is 12.9. The van der Waals surface area contributed by atoms with Gasteiger partial charge in [-0.15, -0.1) is 0 Å². The fourth-order valence-electron chi connectivity index (χ4n) is 2.11. The van der Waals surface area contributed by atoms with Gasteiger partial charge in [0, 0.05) is 23.7 Å². The predicted molar refractivity (Wildman–Crippen MR) is 111 cm³/mol. The highest BCUT2D eigenvalue weighted by Gasteiger charge is 2.11. The maximum Gasteiger partial charge on any atom is 0.267 e. The molecule has 0 atom stereocenters. The molecule has 1 aromatic heterocycles. The summed E-state index contributed by atoms with van der Waals surface area (Å²) in [5, 5.41) is 7.55. The molecule has 7 heteroatoms. The highest BCUT2D eigenvalue weighted by Crippen LogP contribution is 2.18. The van der Waals surface area contributed by atoms with Crippen LogP contribution in [0.15, 0.2) is 57.8 Å². The third-order valence-electron chi connectivity index (χ3n) is 3.59. The quantitative estimate of drug-likeness (QED) is 0.640. The fourth-order valence-corrected chi connectivity index (χ4v) is 2.24. The number of amides is 1. The number of hydrogen-bond donors (Lipinski definition) is 1. The summed E-state index contributed by atoms with van der Waals surface area (Å²) in [4.78, 5) is 28.2. The molecule has 0 saturated carbocycles. The van der Waals surface area contributed by atoms with Gasteiger partial charge in [-0.3, -0.25) is 14.6 Å². The first kappa shape index (κ1) is 22.3. The van der Waals surface area contributed by atoms with Crippen molar-refractivity contribution in [3.8, 4) is 11.3 Å². The Bertz CT molecular complexity index is 884. The first-order valence-corrected chi connectivity index (χ1v) is 9.06. The van der Waals surface area contributed by atoms with Crippen LogP contribution in [-0.4, -0.2) is 28.6 Å². The summed E-state index contributed by atoms with van der Waals surface area (Å²) in [5.41, 5.74) is 1.87. The number of carbonyl (C=O) groups is 1. The van der Waals surface area contributed by atoms with E-state index in [9.17, 15) is 9.59 Å². The highest BCUT2D eigenvalue weighted by molar-refractivity contribution is 6.30. The number of hydrogen-bond acceptors (Lipinski definition) is 4. The SMILES string of the molecule is C/C=C(/C)C(=NC)NC(=O)Cn1nc(-c2ccc(Cl)cc2)ccc1=O.CC. The maximum atomic E-state index is 12.2. The Labute approximate surface area is 164 Å². The van der Waals surface area contributed by atoms with E-state index in [1.807, 2.05) is 33.8 Å². The average molecular weight is 389 g/mol. The molecule has 0 aliphatic heterocycles. The predicted octanol–water partition coefficient (Wildman–Crippen LogP) is 3.70. The lowest BCUT2D eigenvalue weighted by Crippen LogP contribution is -2.37. The van der Waals surface area contributed by atoms with E-state index < -0.39 is 0 Å². The molecule has 0 unspecified atom stereocenters. The van der Waals surface area contributed by atoms with E-state index in [0.29, 0.717) is 16.6 Å². The van der Waals surface area contributed by atoms with E-state index in [1.165, 1.54) is 6.07 Å². The van der Waals surface area contributed by atoms with Gasteiger partial charge >= 0.3 is 0 Å². The van der Waals surface area contributed by atoms with E-state index in [4.69, 9.17) is 11.6 Å². The third-order valence-corrected chi connectivity index (χ3v) is 3.84. The van der Waals surface area contributed by atoms with Crippen LogP contribution in [0, 0.1) is 0 Å². The van der Waals surface area contributed by atoms with Crippen molar-refractivity contribution in [2.45, 2.75) is 34.2 Å². The van der Waals surface area contributed by atoms with E-state index in [0.717, 1.165) is 15.8 Å². The molecule has 1 amide bonds. The van der Waals surface area contributed by atoms with Crippen LogP contribution in [0.4, 0.5) is 0 Å². The maximum absolute atomic E-state index is 12.2. The number of halogens is 1. The second-order valence-corrected chi connectivity index (χ2v) is 5.75. The van der Waals surface area contributed by atoms with Crippen molar-refractivity contribution in [3.05, 3.63) is 63.4 Å². The molecular formula is C20H25ClN4O2. The Morgan fingerprint density at radius 2 is 1.85 bits per heavy atom. The van der Waals surface area contributed by atoms with Crippen LogP contribution in [-0.2, 0) is 11.3 Å². The minimum absolute atomic E-state index is 0.198. The molecule has 2 rings (SSSR count). The lowest BCUT2D eigenvalue weighted by Gasteiger charge is -2.10. The number of rotatable bonds is 4. The van der Waals surface area contributed by atoms with Crippen molar-refractivity contribution >= 4 is 23.3 Å². The van der Waals surface area contributed by atoms with Crippen LogP contribution in [0.3, 0.4) is 0 Å². The Balaban J connectivity index is 0.00000176. The van der Waals surface area contributed by atoms with E-state index in [-0.39, 0.29) is 18.0 Å². The van der Waals surface area contributed by atoms with Crippen molar-refractivity contribution < 1.29 is 4.79 Å². The molecule has 144 valence electrons. The van der Waals surface area contributed by atoms with Crippen LogP contribution in [0.2, 0.25) is 5.02 Å². The zero-order valence-electron chi connectivity index (χ0n) is 16.3. The zero-order valence-corrected chi connectivity index (χ0v) is 17.0. The van der Waals surface area contributed by atoms with Crippen LogP contribution < -0.4 is 10.9 Å². The molecule has 1 N–H and O–H groups in total. The van der Waals surface area contributed by atoms with Crippen molar-refractivity contribution in [3.63, 3.8) is 0 Å². The molecule has 1 heterocycles. The monoisotopic (exact) mass is 388 g/mol. The number of aliphatic imine (C=N–C) groups is 1. The number of carbonyl (C=O) groups excluding carboxylic acids is 1. The Morgan fingerprint density at radius 3 is 2.41 bits per heavy atom. The standard InChI is InChI=1S/C18H19ClN4O2.C2H6/c1-4-12(2)18(20-3)21-16(24)11-23-17(25)10-9-15(22-23)13-5-7-14(19)8-6-13;1-2/h4-10H,11H2,1-3H3,(H,20,21,24);1-2H3/b12-4-;. The molecule has 0 bridgehead atoms. The largest absolute Gasteiger partial charge is 0.309 e. The average Bonchev–Trinajstić information content (AvgIpc) is 2.69. The van der Waals surface area contributed by atoms with Crippen LogP contribution in [0.1, 0.15) is 27.7 Å². The van der Waals surface area contributed by atoms with E-state index >= 15 is 0 Å². The molecule has 27 heavy (non-hydrogen) atoms. The van der Waals surface area contributed by atoms with Gasteiger partial charge in [0.25, 0.3) is 5.56 Å². The molecule has 0 aliphatic rings. The molecule has 6 nitrogen and oxygen atoms in total. The molecule has 0 fully saturated rings. The van der Waals surface area contributed by atoms with Gasteiger partial charge in [0.05, 0.1) is 5.69 Å². The van der Waals surface area contributed by atoms with Crippen LogP contribution in [0.5, 0.6) is 0 Å². The van der Waals surface area contributed by atoms with Gasteiger partial charge in [-0.2, -0.15) is 5.10 Å². The van der Waals surface area contributed by atoms with Gasteiger partial charge in [-0.25, -0.2) is 4.68 Å². The number of aromatic nitrogens is 2. The van der Waals surface area contributed by atoms with Crippen molar-refractivity contribution in [1.82, 2.24) is 15.1 Å². The summed E-state index contributed by atoms with van der Waals surface area (Å²) in [7, 11) is 1.59.